The van der Waals surface area contributed by atoms with Crippen molar-refractivity contribution in [2.24, 2.45) is 16.7 Å². The average Bonchev–Trinajstić information content (AvgIpc) is 3.25. The second-order valence-corrected chi connectivity index (χ2v) is 11.2. The van der Waals surface area contributed by atoms with Crippen LogP contribution >= 0.6 is 0 Å². The fraction of sp³-hybridized carbons (Fsp3) is 0.357. The zero-order valence-corrected chi connectivity index (χ0v) is 20.9. The average molecular weight is 558 g/mol. The second kappa shape index (κ2) is 9.03. The van der Waals surface area contributed by atoms with Crippen molar-refractivity contribution in [3.8, 4) is 0 Å². The van der Waals surface area contributed by atoms with Crippen molar-refractivity contribution in [3.05, 3.63) is 94.1 Å². The Balaban J connectivity index is 1.93. The topological polar surface area (TPSA) is 0 Å². The van der Waals surface area contributed by atoms with Crippen LogP contribution in [0.4, 0.5) is 43.9 Å². The highest BCUT2D eigenvalue weighted by atomic mass is 19.2. The van der Waals surface area contributed by atoms with Crippen molar-refractivity contribution in [3.63, 3.8) is 0 Å². The minimum atomic E-state index is -2.51. The van der Waals surface area contributed by atoms with E-state index in [1.165, 1.54) is 0 Å². The number of rotatable bonds is 4. The molecule has 0 N–H and O–H groups in total. The molecule has 5 rings (SSSR count). The number of hydrogen-bond acceptors (Lipinski definition) is 0. The molecular formula is C28H21BF10-. The van der Waals surface area contributed by atoms with Crippen LogP contribution in [0.1, 0.15) is 45.1 Å². The summed E-state index contributed by atoms with van der Waals surface area (Å²) in [4.78, 5) is 0. The van der Waals surface area contributed by atoms with Crippen molar-refractivity contribution in [2.75, 3.05) is 0 Å². The van der Waals surface area contributed by atoms with Crippen molar-refractivity contribution in [1.82, 2.24) is 0 Å². The van der Waals surface area contributed by atoms with Gasteiger partial charge in [0.25, 0.3) is 0 Å². The fourth-order valence-electron chi connectivity index (χ4n) is 7.44. The molecule has 39 heavy (non-hydrogen) atoms. The molecule has 4 atom stereocenters. The molecule has 207 valence electrons. The predicted molar refractivity (Wildman–Crippen MR) is 125 cm³/mol. The minimum absolute atomic E-state index is 0.332. The summed E-state index contributed by atoms with van der Waals surface area (Å²) >= 11 is 0. The van der Waals surface area contributed by atoms with E-state index in [0.717, 1.165) is 0 Å². The van der Waals surface area contributed by atoms with Crippen LogP contribution in [0.25, 0.3) is 0 Å². The predicted octanol–water partition coefficient (Wildman–Crippen LogP) is 7.30. The van der Waals surface area contributed by atoms with E-state index in [0.29, 0.717) is 18.4 Å². The molecule has 2 aliphatic carbocycles. The highest BCUT2D eigenvalue weighted by Crippen LogP contribution is 2.75. The Kier molecular flexibility index (Phi) is 6.38. The van der Waals surface area contributed by atoms with Crippen molar-refractivity contribution in [1.29, 1.82) is 0 Å². The van der Waals surface area contributed by atoms with Gasteiger partial charge in [0, 0.05) is 0 Å². The largest absolute Gasteiger partial charge is 0.207 e. The van der Waals surface area contributed by atoms with Crippen LogP contribution in [0.5, 0.6) is 0 Å². The lowest BCUT2D eigenvalue weighted by Crippen LogP contribution is -2.56. The van der Waals surface area contributed by atoms with Crippen LogP contribution in [-0.2, 0) is 0 Å². The molecule has 3 aromatic rings. The van der Waals surface area contributed by atoms with E-state index in [2.05, 4.69) is 0 Å². The first-order valence-corrected chi connectivity index (χ1v) is 12.3. The standard InChI is InChI=1S/C28H21BF10/c1-27(2)12-9-10-28(27,3)13(11-7-5-4-6-8-11)14(12)29(15-17(30)21(34)25(38)22(35)18(15)31)16-19(32)23(36)26(39)24(37)20(16)33/h4-8,12-14H,9-10H2,1-3H3/q-1/t12?,13-,14+,28?/m0/s1. The SMILES string of the molecule is CC1(C)C2CCC1(C)[C@@H](c1ccccc1)[C@@H]2[B-](c1c(F)c(F)c(F)c(F)c1F)c1c(F)c(F)c(F)c(F)c1F. The molecular weight excluding hydrogens is 537 g/mol. The van der Waals surface area contributed by atoms with E-state index in [-0.39, 0.29) is 0 Å². The van der Waals surface area contributed by atoms with Gasteiger partial charge in [-0.2, -0.15) is 16.7 Å². The molecule has 2 aliphatic rings. The maximum atomic E-state index is 15.4. The van der Waals surface area contributed by atoms with Crippen molar-refractivity contribution >= 4 is 17.6 Å². The molecule has 2 bridgehead atoms. The van der Waals surface area contributed by atoms with Crippen molar-refractivity contribution < 1.29 is 43.9 Å². The van der Waals surface area contributed by atoms with Gasteiger partial charge < -0.3 is 0 Å². The maximum absolute atomic E-state index is 15.4. The number of fused-ring (bicyclic) bond motifs is 2. The number of benzene rings is 3. The van der Waals surface area contributed by atoms with Gasteiger partial charge in [-0.05, 0) is 35.4 Å². The Morgan fingerprint density at radius 3 is 1.38 bits per heavy atom. The molecule has 1 radical (unpaired) electrons. The van der Waals surface area contributed by atoms with Gasteiger partial charge in [0.1, 0.15) is 23.3 Å². The molecule has 0 amide bonds. The first-order valence-electron chi connectivity index (χ1n) is 12.3. The number of hydrogen-bond donors (Lipinski definition) is 0. The van der Waals surface area contributed by atoms with Crippen LogP contribution in [0.15, 0.2) is 30.3 Å². The molecule has 0 saturated heterocycles. The van der Waals surface area contributed by atoms with Crippen LogP contribution in [-0.4, -0.2) is 6.71 Å². The summed E-state index contributed by atoms with van der Waals surface area (Å²) in [7, 11) is 0. The molecule has 0 spiro atoms. The second-order valence-electron chi connectivity index (χ2n) is 11.2. The summed E-state index contributed by atoms with van der Waals surface area (Å²) in [6, 6.07) is 8.24. The first kappa shape index (κ1) is 27.6. The van der Waals surface area contributed by atoms with Crippen LogP contribution in [0.2, 0.25) is 5.82 Å². The molecule has 2 unspecified atom stereocenters. The fourth-order valence-corrected chi connectivity index (χ4v) is 7.44. The lowest BCUT2D eigenvalue weighted by Gasteiger charge is -2.48. The molecule has 3 aromatic carbocycles. The normalized spacial score (nSPS) is 25.6. The van der Waals surface area contributed by atoms with E-state index < -0.39 is 104 Å². The van der Waals surface area contributed by atoms with Gasteiger partial charge >= 0.3 is 0 Å². The molecule has 2 saturated carbocycles. The molecule has 2 fully saturated rings. The van der Waals surface area contributed by atoms with Gasteiger partial charge in [-0.15, -0.1) is 0 Å². The Morgan fingerprint density at radius 2 is 0.974 bits per heavy atom. The molecule has 0 aromatic heterocycles. The summed E-state index contributed by atoms with van der Waals surface area (Å²) in [5, 5.41) is 0. The van der Waals surface area contributed by atoms with Gasteiger partial charge in [-0.25, -0.2) is 43.9 Å². The Labute approximate surface area is 218 Å². The van der Waals surface area contributed by atoms with Gasteiger partial charge in [0.05, 0.1) is 0 Å². The monoisotopic (exact) mass is 558 g/mol. The zero-order valence-electron chi connectivity index (χ0n) is 20.9. The zero-order chi connectivity index (χ0) is 28.8. The van der Waals surface area contributed by atoms with Gasteiger partial charge in [0.15, 0.2) is 34.9 Å². The summed E-state index contributed by atoms with van der Waals surface area (Å²) in [6.45, 7) is 3.07. The highest BCUT2D eigenvalue weighted by Gasteiger charge is 2.64. The van der Waals surface area contributed by atoms with E-state index >= 15 is 17.6 Å². The van der Waals surface area contributed by atoms with Crippen LogP contribution < -0.4 is 10.9 Å². The molecule has 0 aliphatic heterocycles. The Bertz CT molecular complexity index is 1360. The van der Waals surface area contributed by atoms with E-state index in [9.17, 15) is 26.3 Å². The lowest BCUT2D eigenvalue weighted by atomic mass is 9.28. The molecule has 0 heterocycles. The lowest BCUT2D eigenvalue weighted by molar-refractivity contribution is 0.134. The van der Waals surface area contributed by atoms with Gasteiger partial charge in [0.2, 0.25) is 0 Å². The maximum Gasteiger partial charge on any atom is 0.200 e. The smallest absolute Gasteiger partial charge is 0.200 e. The Morgan fingerprint density at radius 1 is 0.590 bits per heavy atom. The molecule has 11 heteroatoms. The third-order valence-electron chi connectivity index (χ3n) is 9.56. The first-order chi connectivity index (χ1) is 18.2. The highest BCUT2D eigenvalue weighted by molar-refractivity contribution is 6.86. The van der Waals surface area contributed by atoms with Gasteiger partial charge in [-0.3, -0.25) is 0 Å². The number of halogens is 10. The van der Waals surface area contributed by atoms with Crippen LogP contribution in [0.3, 0.4) is 0 Å². The van der Waals surface area contributed by atoms with E-state index in [1.54, 1.807) is 30.3 Å². The molecule has 0 nitrogen and oxygen atoms in total. The van der Waals surface area contributed by atoms with Gasteiger partial charge in [-0.1, -0.05) is 63.4 Å². The van der Waals surface area contributed by atoms with Crippen LogP contribution in [0, 0.1) is 74.9 Å². The van der Waals surface area contributed by atoms with E-state index in [1.807, 2.05) is 20.8 Å². The Hall–Kier alpha value is -2.98. The summed E-state index contributed by atoms with van der Waals surface area (Å²) < 4.78 is 147. The third-order valence-corrected chi connectivity index (χ3v) is 9.56. The van der Waals surface area contributed by atoms with E-state index in [4.69, 9.17) is 0 Å². The summed E-state index contributed by atoms with van der Waals surface area (Å²) in [5.74, 6) is -26.9. The summed E-state index contributed by atoms with van der Waals surface area (Å²) in [6.07, 6.45) is 0.875. The minimum Gasteiger partial charge on any atom is -0.207 e. The third kappa shape index (κ3) is 3.53. The quantitative estimate of drug-likeness (QED) is 0.137. The van der Waals surface area contributed by atoms with Crippen molar-refractivity contribution in [2.45, 2.75) is 45.3 Å². The summed E-state index contributed by atoms with van der Waals surface area (Å²) in [5.41, 5.74) is -4.17.